The van der Waals surface area contributed by atoms with Crippen molar-refractivity contribution >= 4 is 17.3 Å². The molecule has 1 aromatic carbocycles. The van der Waals surface area contributed by atoms with E-state index in [2.05, 4.69) is 42.2 Å². The van der Waals surface area contributed by atoms with E-state index >= 15 is 0 Å². The summed E-state index contributed by atoms with van der Waals surface area (Å²) in [6.45, 7) is 4.17. The van der Waals surface area contributed by atoms with Gasteiger partial charge in [0.1, 0.15) is 0 Å². The van der Waals surface area contributed by atoms with Crippen molar-refractivity contribution in [2.75, 3.05) is 18.0 Å². The number of rotatable bonds is 1. The molecule has 0 spiro atoms. The van der Waals surface area contributed by atoms with Gasteiger partial charge in [-0.15, -0.1) is 0 Å². The molecule has 2 bridgehead atoms. The second-order valence-electron chi connectivity index (χ2n) is 5.65. The van der Waals surface area contributed by atoms with Crippen LogP contribution < -0.4 is 4.90 Å². The van der Waals surface area contributed by atoms with Crippen LogP contribution in [0.15, 0.2) is 36.4 Å². The maximum Gasteiger partial charge on any atom is 0.166 e. The van der Waals surface area contributed by atoms with Crippen LogP contribution in [0.5, 0.6) is 0 Å². The van der Waals surface area contributed by atoms with Crippen LogP contribution in [-0.4, -0.2) is 24.3 Å². The number of halogens is 1. The monoisotopic (exact) mass is 261 g/mol. The lowest BCUT2D eigenvalue weighted by Crippen LogP contribution is -2.31. The number of hydrogen-bond donors (Lipinski definition) is 0. The Balaban J connectivity index is 1.61. The lowest BCUT2D eigenvalue weighted by Gasteiger charge is -2.24. The fraction of sp³-hybridized carbons (Fsp3) is 0.467. The van der Waals surface area contributed by atoms with E-state index in [1.165, 1.54) is 11.3 Å². The molecule has 2 nitrogen and oxygen atoms in total. The molecule has 0 amide bonds. The van der Waals surface area contributed by atoms with Gasteiger partial charge in [-0.3, -0.25) is 0 Å². The number of ether oxygens (including phenoxy) is 1. The van der Waals surface area contributed by atoms with Crippen molar-refractivity contribution in [1.29, 1.82) is 0 Å². The lowest BCUT2D eigenvalue weighted by atomic mass is 9.86. The fourth-order valence-electron chi connectivity index (χ4n) is 3.50. The topological polar surface area (TPSA) is 12.5 Å². The minimum absolute atomic E-state index is 0.225. The molecule has 18 heavy (non-hydrogen) atoms. The first-order valence-corrected chi connectivity index (χ1v) is 6.91. The van der Waals surface area contributed by atoms with E-state index in [-0.39, 0.29) is 6.10 Å². The maximum absolute atomic E-state index is 6.54. The van der Waals surface area contributed by atoms with Crippen LogP contribution in [0, 0.1) is 18.8 Å². The predicted molar refractivity (Wildman–Crippen MR) is 73.0 cm³/mol. The molecule has 0 saturated carbocycles. The standard InChI is InChI=1S/C15H16ClNO/c1-10-2-4-11(5-3-10)17-8-12-13(9-17)15(16)7-6-14(12)18-15/h2-7,12-14H,8-9H2,1H3. The van der Waals surface area contributed by atoms with E-state index in [4.69, 9.17) is 16.3 Å². The van der Waals surface area contributed by atoms with Gasteiger partial charge >= 0.3 is 0 Å². The minimum Gasteiger partial charge on any atom is -0.371 e. The van der Waals surface area contributed by atoms with Gasteiger partial charge in [-0.2, -0.15) is 0 Å². The molecule has 3 heterocycles. The Kier molecular flexibility index (Phi) is 2.13. The minimum atomic E-state index is -0.533. The molecule has 3 heteroatoms. The first-order valence-electron chi connectivity index (χ1n) is 6.53. The summed E-state index contributed by atoms with van der Waals surface area (Å²) in [5.74, 6) is 0.976. The van der Waals surface area contributed by atoms with Crippen molar-refractivity contribution in [3.05, 3.63) is 42.0 Å². The van der Waals surface area contributed by atoms with Gasteiger partial charge in [0.25, 0.3) is 0 Å². The van der Waals surface area contributed by atoms with Gasteiger partial charge in [0.15, 0.2) is 5.06 Å². The second kappa shape index (κ2) is 3.52. The number of nitrogens with zero attached hydrogens (tertiary/aromatic N) is 1. The van der Waals surface area contributed by atoms with Crippen LogP contribution in [0.2, 0.25) is 0 Å². The van der Waals surface area contributed by atoms with Crippen molar-refractivity contribution in [2.45, 2.75) is 18.1 Å². The molecule has 4 unspecified atom stereocenters. The average Bonchev–Trinajstić information content (AvgIpc) is 2.99. The van der Waals surface area contributed by atoms with E-state index in [1.807, 2.05) is 6.08 Å². The third-order valence-electron chi connectivity index (χ3n) is 4.52. The Morgan fingerprint density at radius 2 is 2.06 bits per heavy atom. The highest BCUT2D eigenvalue weighted by atomic mass is 35.5. The molecule has 0 aliphatic carbocycles. The number of hydrogen-bond acceptors (Lipinski definition) is 2. The molecule has 94 valence electrons. The maximum atomic E-state index is 6.54. The largest absolute Gasteiger partial charge is 0.371 e. The number of benzene rings is 1. The van der Waals surface area contributed by atoms with Gasteiger partial charge in [0.05, 0.1) is 6.10 Å². The van der Waals surface area contributed by atoms with Crippen LogP contribution in [0.1, 0.15) is 5.56 Å². The Labute approximate surface area is 112 Å². The smallest absolute Gasteiger partial charge is 0.166 e. The second-order valence-corrected chi connectivity index (χ2v) is 6.24. The molecule has 0 aromatic heterocycles. The number of aryl methyl sites for hydroxylation is 1. The van der Waals surface area contributed by atoms with E-state index in [9.17, 15) is 0 Å². The highest BCUT2D eigenvalue weighted by molar-refractivity contribution is 6.25. The summed E-state index contributed by atoms with van der Waals surface area (Å²) in [6.07, 6.45) is 4.40. The van der Waals surface area contributed by atoms with E-state index in [1.54, 1.807) is 0 Å². The van der Waals surface area contributed by atoms with Crippen molar-refractivity contribution in [3.63, 3.8) is 0 Å². The number of fused-ring (bicyclic) bond motifs is 5. The molecule has 1 aromatic rings. The van der Waals surface area contributed by atoms with E-state index < -0.39 is 5.06 Å². The summed E-state index contributed by atoms with van der Waals surface area (Å²) >= 11 is 6.54. The molecule has 3 aliphatic rings. The van der Waals surface area contributed by atoms with Gasteiger partial charge in [-0.05, 0) is 25.1 Å². The first kappa shape index (κ1) is 10.9. The summed E-state index contributed by atoms with van der Waals surface area (Å²) in [7, 11) is 0. The van der Waals surface area contributed by atoms with Crippen molar-refractivity contribution in [3.8, 4) is 0 Å². The molecule has 4 atom stereocenters. The zero-order valence-corrected chi connectivity index (χ0v) is 11.1. The molecular weight excluding hydrogens is 246 g/mol. The molecule has 2 saturated heterocycles. The third-order valence-corrected chi connectivity index (χ3v) is 5.02. The summed E-state index contributed by atoms with van der Waals surface area (Å²) < 4.78 is 5.86. The summed E-state index contributed by atoms with van der Waals surface area (Å²) in [6, 6.07) is 8.74. The summed E-state index contributed by atoms with van der Waals surface area (Å²) in [5, 5.41) is -0.533. The fourth-order valence-corrected chi connectivity index (χ4v) is 3.91. The molecule has 2 fully saturated rings. The van der Waals surface area contributed by atoms with E-state index in [0.717, 1.165) is 13.1 Å². The molecular formula is C15H16ClNO. The van der Waals surface area contributed by atoms with Gasteiger partial charge < -0.3 is 9.64 Å². The van der Waals surface area contributed by atoms with Crippen LogP contribution in [0.3, 0.4) is 0 Å². The highest BCUT2D eigenvalue weighted by Gasteiger charge is 2.58. The average molecular weight is 262 g/mol. The Bertz CT molecular complexity index is 512. The Hall–Kier alpha value is -0.990. The molecule has 0 N–H and O–H groups in total. The third kappa shape index (κ3) is 1.39. The molecule has 3 aliphatic heterocycles. The lowest BCUT2D eigenvalue weighted by molar-refractivity contribution is 0.0719. The van der Waals surface area contributed by atoms with Crippen LogP contribution in [0.25, 0.3) is 0 Å². The quantitative estimate of drug-likeness (QED) is 0.569. The van der Waals surface area contributed by atoms with Gasteiger partial charge in [-0.25, -0.2) is 0 Å². The van der Waals surface area contributed by atoms with Gasteiger partial charge in [0.2, 0.25) is 0 Å². The number of alkyl halides is 1. The molecule has 0 radical (unpaired) electrons. The van der Waals surface area contributed by atoms with Gasteiger partial charge in [-0.1, -0.05) is 35.4 Å². The normalized spacial score (nSPS) is 40.6. The van der Waals surface area contributed by atoms with Crippen LogP contribution >= 0.6 is 11.6 Å². The van der Waals surface area contributed by atoms with Gasteiger partial charge in [0, 0.05) is 30.6 Å². The number of anilines is 1. The molecule has 4 rings (SSSR count). The van der Waals surface area contributed by atoms with E-state index in [0.29, 0.717) is 11.8 Å². The van der Waals surface area contributed by atoms with Crippen LogP contribution in [-0.2, 0) is 4.74 Å². The Morgan fingerprint density at radius 1 is 1.28 bits per heavy atom. The Morgan fingerprint density at radius 3 is 2.78 bits per heavy atom. The highest BCUT2D eigenvalue weighted by Crippen LogP contribution is 2.53. The SMILES string of the molecule is Cc1ccc(N2CC3C4C=CC(Cl)(O4)C3C2)cc1. The first-order chi connectivity index (χ1) is 8.66. The predicted octanol–water partition coefficient (Wildman–Crippen LogP) is 2.95. The summed E-state index contributed by atoms with van der Waals surface area (Å²) in [5.41, 5.74) is 2.60. The van der Waals surface area contributed by atoms with Crippen molar-refractivity contribution in [2.24, 2.45) is 11.8 Å². The zero-order valence-electron chi connectivity index (χ0n) is 10.3. The van der Waals surface area contributed by atoms with Crippen LogP contribution in [0.4, 0.5) is 5.69 Å². The van der Waals surface area contributed by atoms with Crippen molar-refractivity contribution < 1.29 is 4.74 Å². The summed E-state index contributed by atoms with van der Waals surface area (Å²) in [4.78, 5) is 2.44. The van der Waals surface area contributed by atoms with Crippen molar-refractivity contribution in [1.82, 2.24) is 0 Å². The zero-order chi connectivity index (χ0) is 12.3.